The lowest BCUT2D eigenvalue weighted by Crippen LogP contribution is -2.29. The summed E-state index contributed by atoms with van der Waals surface area (Å²) in [6.45, 7) is 8.40. The summed E-state index contributed by atoms with van der Waals surface area (Å²) in [5, 5.41) is 0. The molecule has 0 amide bonds. The van der Waals surface area contributed by atoms with Crippen LogP contribution < -0.4 is 0 Å². The molecule has 0 saturated carbocycles. The zero-order valence-corrected chi connectivity index (χ0v) is 11.6. The third-order valence-electron chi connectivity index (χ3n) is 2.94. The second-order valence-electron chi connectivity index (χ2n) is 5.33. The van der Waals surface area contributed by atoms with Gasteiger partial charge in [-0.1, -0.05) is 35.9 Å². The van der Waals surface area contributed by atoms with Gasteiger partial charge in [0.1, 0.15) is 0 Å². The van der Waals surface area contributed by atoms with E-state index in [-0.39, 0.29) is 0 Å². The van der Waals surface area contributed by atoms with E-state index in [9.17, 15) is 0 Å². The molecule has 0 unspecified atom stereocenters. The summed E-state index contributed by atoms with van der Waals surface area (Å²) >= 11 is 0. The molecular weight excluding hydrogens is 220 g/mol. The molecule has 0 atom stereocenters. The van der Waals surface area contributed by atoms with Crippen LogP contribution in [0, 0.1) is 0 Å². The van der Waals surface area contributed by atoms with Gasteiger partial charge in [-0.15, -0.1) is 0 Å². The molecule has 1 heterocycles. The average molecular weight is 242 g/mol. The third-order valence-corrected chi connectivity index (χ3v) is 2.94. The van der Waals surface area contributed by atoms with Crippen LogP contribution in [-0.2, 0) is 6.54 Å². The number of rotatable bonds is 3. The van der Waals surface area contributed by atoms with Crippen LogP contribution in [0.5, 0.6) is 0 Å². The zero-order valence-electron chi connectivity index (χ0n) is 11.6. The Kier molecular flexibility index (Phi) is 4.19. The van der Waals surface area contributed by atoms with Crippen molar-refractivity contribution in [1.29, 1.82) is 0 Å². The van der Waals surface area contributed by atoms with Crippen LogP contribution in [0.25, 0.3) is 0 Å². The molecule has 1 aromatic carbocycles. The maximum absolute atomic E-state index is 4.71. The first-order chi connectivity index (χ1) is 8.63. The molecule has 0 aliphatic carbocycles. The predicted molar refractivity (Wildman–Crippen MR) is 77.8 cm³/mol. The fraction of sp³-hybridized carbons (Fsp3) is 0.438. The van der Waals surface area contributed by atoms with Gasteiger partial charge in [-0.3, -0.25) is 4.99 Å². The Morgan fingerprint density at radius 1 is 1.22 bits per heavy atom. The van der Waals surface area contributed by atoms with Crippen molar-refractivity contribution in [2.45, 2.75) is 39.8 Å². The topological polar surface area (TPSA) is 15.6 Å². The summed E-state index contributed by atoms with van der Waals surface area (Å²) in [7, 11) is 0. The summed E-state index contributed by atoms with van der Waals surface area (Å²) < 4.78 is 0. The number of hydrogen-bond donors (Lipinski definition) is 0. The quantitative estimate of drug-likeness (QED) is 0.790. The fourth-order valence-corrected chi connectivity index (χ4v) is 2.39. The average Bonchev–Trinajstić information content (AvgIpc) is 2.28. The van der Waals surface area contributed by atoms with Gasteiger partial charge < -0.3 is 4.90 Å². The van der Waals surface area contributed by atoms with Gasteiger partial charge in [0, 0.05) is 24.7 Å². The molecule has 96 valence electrons. The Hall–Kier alpha value is -1.57. The van der Waals surface area contributed by atoms with Gasteiger partial charge >= 0.3 is 0 Å². The fourth-order valence-electron chi connectivity index (χ4n) is 2.39. The maximum atomic E-state index is 4.71. The summed E-state index contributed by atoms with van der Waals surface area (Å²) in [5.41, 5.74) is 4.06. The number of nitrogens with zero attached hydrogens (tertiary/aromatic N) is 2. The minimum Gasteiger partial charge on any atom is -0.368 e. The van der Waals surface area contributed by atoms with Crippen molar-refractivity contribution in [3.8, 4) is 0 Å². The monoisotopic (exact) mass is 242 g/mol. The first-order valence-corrected chi connectivity index (χ1v) is 6.64. The van der Waals surface area contributed by atoms with E-state index in [4.69, 9.17) is 4.99 Å². The van der Waals surface area contributed by atoms with Crippen LogP contribution >= 0.6 is 0 Å². The molecule has 0 fully saturated rings. The molecule has 1 aliphatic rings. The van der Waals surface area contributed by atoms with Gasteiger partial charge in [0.15, 0.2) is 0 Å². The smallest absolute Gasteiger partial charge is 0.0559 e. The number of hydrogen-bond acceptors (Lipinski definition) is 2. The highest BCUT2D eigenvalue weighted by atomic mass is 15.1. The van der Waals surface area contributed by atoms with Gasteiger partial charge in [0.2, 0.25) is 0 Å². The van der Waals surface area contributed by atoms with E-state index in [0.717, 1.165) is 19.5 Å². The van der Waals surface area contributed by atoms with Crippen molar-refractivity contribution in [2.24, 2.45) is 4.99 Å². The molecule has 2 rings (SSSR count). The van der Waals surface area contributed by atoms with Gasteiger partial charge in [-0.2, -0.15) is 0 Å². The highest BCUT2D eigenvalue weighted by Crippen LogP contribution is 2.16. The number of benzene rings is 1. The number of aliphatic imine (C=N–C) groups is 1. The Labute approximate surface area is 110 Å². The first kappa shape index (κ1) is 12.9. The molecule has 1 aliphatic heterocycles. The van der Waals surface area contributed by atoms with Crippen LogP contribution in [0.1, 0.15) is 32.8 Å². The largest absolute Gasteiger partial charge is 0.368 e. The van der Waals surface area contributed by atoms with Gasteiger partial charge in [0.25, 0.3) is 0 Å². The van der Waals surface area contributed by atoms with Crippen molar-refractivity contribution in [2.75, 3.05) is 6.54 Å². The van der Waals surface area contributed by atoms with Crippen molar-refractivity contribution in [3.05, 3.63) is 47.7 Å². The third kappa shape index (κ3) is 3.73. The lowest BCUT2D eigenvalue weighted by molar-refractivity contribution is 0.406. The van der Waals surface area contributed by atoms with Crippen LogP contribution in [0.4, 0.5) is 0 Å². The molecule has 0 N–H and O–H groups in total. The Bertz CT molecular complexity index is 443. The molecule has 0 saturated heterocycles. The van der Waals surface area contributed by atoms with Crippen LogP contribution in [0.15, 0.2) is 47.1 Å². The molecular formula is C16H22N2. The van der Waals surface area contributed by atoms with E-state index >= 15 is 0 Å². The van der Waals surface area contributed by atoms with Crippen molar-refractivity contribution in [3.63, 3.8) is 0 Å². The summed E-state index contributed by atoms with van der Waals surface area (Å²) in [6.07, 6.45) is 3.30. The lowest BCUT2D eigenvalue weighted by atomic mass is 10.1. The molecule has 2 nitrogen and oxygen atoms in total. The van der Waals surface area contributed by atoms with Crippen LogP contribution in [0.2, 0.25) is 0 Å². The van der Waals surface area contributed by atoms with Crippen molar-refractivity contribution in [1.82, 2.24) is 4.90 Å². The van der Waals surface area contributed by atoms with E-state index in [1.54, 1.807) is 0 Å². The zero-order chi connectivity index (χ0) is 13.0. The van der Waals surface area contributed by atoms with E-state index < -0.39 is 0 Å². The second kappa shape index (κ2) is 5.85. The summed E-state index contributed by atoms with van der Waals surface area (Å²) in [5.74, 6) is 0. The summed E-state index contributed by atoms with van der Waals surface area (Å²) in [4.78, 5) is 7.07. The standard InChI is InChI=1S/C16H22N2/c1-13(2)17-16-9-14(3)10-18(12-16)11-15-7-5-4-6-8-15/h4-8,10,13H,9,11-12H2,1-3H3. The lowest BCUT2D eigenvalue weighted by Gasteiger charge is -2.27. The van der Waals surface area contributed by atoms with Gasteiger partial charge in [-0.05, 0) is 32.5 Å². The van der Waals surface area contributed by atoms with Gasteiger partial charge in [-0.25, -0.2) is 0 Å². The predicted octanol–water partition coefficient (Wildman–Crippen LogP) is 3.65. The molecule has 0 spiro atoms. The Morgan fingerprint density at radius 3 is 2.61 bits per heavy atom. The molecule has 1 aromatic rings. The van der Waals surface area contributed by atoms with Crippen LogP contribution in [0.3, 0.4) is 0 Å². The molecule has 2 heteroatoms. The highest BCUT2D eigenvalue weighted by Gasteiger charge is 2.13. The molecule has 18 heavy (non-hydrogen) atoms. The maximum Gasteiger partial charge on any atom is 0.0559 e. The number of allylic oxidation sites excluding steroid dienone is 1. The first-order valence-electron chi connectivity index (χ1n) is 6.64. The molecule has 0 bridgehead atoms. The van der Waals surface area contributed by atoms with E-state index in [0.29, 0.717) is 6.04 Å². The molecule has 0 radical (unpaired) electrons. The minimum absolute atomic E-state index is 0.393. The van der Waals surface area contributed by atoms with Gasteiger partial charge in [0.05, 0.1) is 6.54 Å². The minimum atomic E-state index is 0.393. The van der Waals surface area contributed by atoms with Crippen molar-refractivity contribution >= 4 is 5.71 Å². The second-order valence-corrected chi connectivity index (χ2v) is 5.33. The van der Waals surface area contributed by atoms with Crippen LogP contribution in [-0.4, -0.2) is 23.2 Å². The van der Waals surface area contributed by atoms with Crippen molar-refractivity contribution < 1.29 is 0 Å². The van der Waals surface area contributed by atoms with E-state index in [2.05, 4.69) is 62.2 Å². The SMILES string of the molecule is CC1=CN(Cc2ccccc2)CC(=NC(C)C)C1. The normalized spacial score (nSPS) is 18.3. The highest BCUT2D eigenvalue weighted by molar-refractivity contribution is 5.89. The van der Waals surface area contributed by atoms with E-state index in [1.807, 2.05) is 0 Å². The Morgan fingerprint density at radius 2 is 1.94 bits per heavy atom. The summed E-state index contributed by atoms with van der Waals surface area (Å²) in [6, 6.07) is 11.0. The van der Waals surface area contributed by atoms with E-state index in [1.165, 1.54) is 16.8 Å². The Balaban J connectivity index is 2.07. The molecule has 0 aromatic heterocycles.